The van der Waals surface area contributed by atoms with Gasteiger partial charge in [-0.15, -0.1) is 0 Å². The highest BCUT2D eigenvalue weighted by Crippen LogP contribution is 2.30. The number of aryl methyl sites for hydroxylation is 1. The van der Waals surface area contributed by atoms with Gasteiger partial charge in [-0.2, -0.15) is 0 Å². The summed E-state index contributed by atoms with van der Waals surface area (Å²) in [5, 5.41) is 3.37. The lowest BCUT2D eigenvalue weighted by Crippen LogP contribution is -2.37. The van der Waals surface area contributed by atoms with Crippen LogP contribution < -0.4 is 10.2 Å². The first kappa shape index (κ1) is 12.4. The smallest absolute Gasteiger partial charge is 0.0396 e. The van der Waals surface area contributed by atoms with E-state index in [0.29, 0.717) is 0 Å². The summed E-state index contributed by atoms with van der Waals surface area (Å²) in [6.45, 7) is 6.37. The molecule has 1 N–H and O–H groups in total. The SMILES string of the molecule is CCNCc1ccc(N(C)C2CCC2)c(C)c1. The van der Waals surface area contributed by atoms with Gasteiger partial charge in [0.25, 0.3) is 0 Å². The average Bonchev–Trinajstić information content (AvgIpc) is 2.23. The second kappa shape index (κ2) is 5.54. The lowest BCUT2D eigenvalue weighted by atomic mass is 9.91. The van der Waals surface area contributed by atoms with Crippen molar-refractivity contribution >= 4 is 5.69 Å². The maximum atomic E-state index is 3.37. The summed E-state index contributed by atoms with van der Waals surface area (Å²) in [6.07, 6.45) is 4.11. The Morgan fingerprint density at radius 3 is 2.65 bits per heavy atom. The molecule has 1 saturated carbocycles. The van der Waals surface area contributed by atoms with Gasteiger partial charge in [0.15, 0.2) is 0 Å². The van der Waals surface area contributed by atoms with Gasteiger partial charge in [0.1, 0.15) is 0 Å². The fraction of sp³-hybridized carbons (Fsp3) is 0.600. The standard InChI is InChI=1S/C15H24N2/c1-4-16-11-13-8-9-15(12(2)10-13)17(3)14-6-5-7-14/h8-10,14,16H,4-7,11H2,1-3H3. The van der Waals surface area contributed by atoms with Crippen LogP contribution in [0.25, 0.3) is 0 Å². The molecule has 0 spiro atoms. The minimum absolute atomic E-state index is 0.772. The molecule has 0 radical (unpaired) electrons. The van der Waals surface area contributed by atoms with E-state index in [-0.39, 0.29) is 0 Å². The van der Waals surface area contributed by atoms with Crippen molar-refractivity contribution in [1.82, 2.24) is 5.32 Å². The third-order valence-electron chi connectivity index (χ3n) is 3.84. The Labute approximate surface area is 105 Å². The molecule has 0 amide bonds. The minimum atomic E-state index is 0.772. The summed E-state index contributed by atoms with van der Waals surface area (Å²) in [5.41, 5.74) is 4.18. The highest BCUT2D eigenvalue weighted by Gasteiger charge is 2.22. The third kappa shape index (κ3) is 2.81. The largest absolute Gasteiger partial charge is 0.371 e. The average molecular weight is 232 g/mol. The van der Waals surface area contributed by atoms with Gasteiger partial charge >= 0.3 is 0 Å². The van der Waals surface area contributed by atoms with Crippen molar-refractivity contribution in [2.45, 2.75) is 45.7 Å². The van der Waals surface area contributed by atoms with Crippen molar-refractivity contribution in [2.75, 3.05) is 18.5 Å². The Bertz CT molecular complexity index is 369. The van der Waals surface area contributed by atoms with Crippen LogP contribution in [0.5, 0.6) is 0 Å². The Morgan fingerprint density at radius 1 is 1.35 bits per heavy atom. The zero-order valence-electron chi connectivity index (χ0n) is 11.3. The molecule has 0 unspecified atom stereocenters. The second-order valence-electron chi connectivity index (χ2n) is 5.10. The Morgan fingerprint density at radius 2 is 2.12 bits per heavy atom. The van der Waals surface area contributed by atoms with E-state index in [0.717, 1.165) is 19.1 Å². The van der Waals surface area contributed by atoms with Crippen molar-refractivity contribution in [3.05, 3.63) is 29.3 Å². The molecule has 1 aromatic carbocycles. The van der Waals surface area contributed by atoms with Crippen LogP contribution >= 0.6 is 0 Å². The molecule has 1 aromatic rings. The number of rotatable bonds is 5. The lowest BCUT2D eigenvalue weighted by molar-refractivity contribution is 0.401. The van der Waals surface area contributed by atoms with Gasteiger partial charge in [-0.1, -0.05) is 19.1 Å². The third-order valence-corrected chi connectivity index (χ3v) is 3.84. The second-order valence-corrected chi connectivity index (χ2v) is 5.10. The number of nitrogens with zero attached hydrogens (tertiary/aromatic N) is 1. The van der Waals surface area contributed by atoms with Crippen molar-refractivity contribution in [1.29, 1.82) is 0 Å². The zero-order chi connectivity index (χ0) is 12.3. The predicted molar refractivity (Wildman–Crippen MR) is 74.6 cm³/mol. The van der Waals surface area contributed by atoms with Gasteiger partial charge in [0.2, 0.25) is 0 Å². The van der Waals surface area contributed by atoms with E-state index < -0.39 is 0 Å². The molecular formula is C15H24N2. The molecule has 2 heteroatoms. The number of benzene rings is 1. The van der Waals surface area contributed by atoms with Crippen molar-refractivity contribution in [3.63, 3.8) is 0 Å². The molecule has 2 nitrogen and oxygen atoms in total. The van der Waals surface area contributed by atoms with Gasteiger partial charge in [-0.3, -0.25) is 0 Å². The normalized spacial score (nSPS) is 15.7. The van der Waals surface area contributed by atoms with Crippen LogP contribution in [-0.2, 0) is 6.54 Å². The number of hydrogen-bond donors (Lipinski definition) is 1. The highest BCUT2D eigenvalue weighted by molar-refractivity contribution is 5.55. The Hall–Kier alpha value is -1.02. The van der Waals surface area contributed by atoms with Crippen molar-refractivity contribution in [2.24, 2.45) is 0 Å². The fourth-order valence-corrected chi connectivity index (χ4v) is 2.46. The van der Waals surface area contributed by atoms with Gasteiger partial charge < -0.3 is 10.2 Å². The monoisotopic (exact) mass is 232 g/mol. The van der Waals surface area contributed by atoms with E-state index in [4.69, 9.17) is 0 Å². The first-order valence-corrected chi connectivity index (χ1v) is 6.75. The first-order chi connectivity index (χ1) is 8.22. The lowest BCUT2D eigenvalue weighted by Gasteiger charge is -2.37. The van der Waals surface area contributed by atoms with E-state index >= 15 is 0 Å². The van der Waals surface area contributed by atoms with E-state index in [2.05, 4.69) is 49.3 Å². The van der Waals surface area contributed by atoms with E-state index in [1.807, 2.05) is 0 Å². The highest BCUT2D eigenvalue weighted by atomic mass is 15.1. The molecule has 17 heavy (non-hydrogen) atoms. The Balaban J connectivity index is 2.07. The summed E-state index contributed by atoms with van der Waals surface area (Å²) in [4.78, 5) is 2.45. The van der Waals surface area contributed by atoms with Crippen LogP contribution in [0.2, 0.25) is 0 Å². The predicted octanol–water partition coefficient (Wildman–Crippen LogP) is 3.09. The molecule has 2 rings (SSSR count). The first-order valence-electron chi connectivity index (χ1n) is 6.75. The molecule has 0 aromatic heterocycles. The molecule has 0 bridgehead atoms. The van der Waals surface area contributed by atoms with Crippen LogP contribution in [0.3, 0.4) is 0 Å². The van der Waals surface area contributed by atoms with Gasteiger partial charge in [-0.05, 0) is 49.9 Å². The van der Waals surface area contributed by atoms with E-state index in [1.165, 1.54) is 36.1 Å². The minimum Gasteiger partial charge on any atom is -0.371 e. The number of nitrogens with one attached hydrogen (secondary N) is 1. The van der Waals surface area contributed by atoms with E-state index in [1.54, 1.807) is 0 Å². The molecule has 0 saturated heterocycles. The van der Waals surface area contributed by atoms with Crippen LogP contribution in [0.15, 0.2) is 18.2 Å². The molecule has 1 aliphatic rings. The zero-order valence-corrected chi connectivity index (χ0v) is 11.3. The summed E-state index contributed by atoms with van der Waals surface area (Å²) in [7, 11) is 2.23. The van der Waals surface area contributed by atoms with Crippen LogP contribution in [0, 0.1) is 6.92 Å². The topological polar surface area (TPSA) is 15.3 Å². The van der Waals surface area contributed by atoms with Crippen molar-refractivity contribution in [3.8, 4) is 0 Å². The van der Waals surface area contributed by atoms with E-state index in [9.17, 15) is 0 Å². The summed E-state index contributed by atoms with van der Waals surface area (Å²) in [6, 6.07) is 7.61. The molecule has 1 fully saturated rings. The van der Waals surface area contributed by atoms with Crippen LogP contribution in [-0.4, -0.2) is 19.6 Å². The fourth-order valence-electron chi connectivity index (χ4n) is 2.46. The molecule has 1 aliphatic carbocycles. The molecule has 0 aliphatic heterocycles. The maximum absolute atomic E-state index is 3.37. The molecule has 0 heterocycles. The van der Waals surface area contributed by atoms with Gasteiger partial charge in [0.05, 0.1) is 0 Å². The Kier molecular flexibility index (Phi) is 4.06. The van der Waals surface area contributed by atoms with Crippen molar-refractivity contribution < 1.29 is 0 Å². The number of hydrogen-bond acceptors (Lipinski definition) is 2. The molecule has 0 atom stereocenters. The quantitative estimate of drug-likeness (QED) is 0.839. The van der Waals surface area contributed by atoms with Gasteiger partial charge in [-0.25, -0.2) is 0 Å². The molecule has 94 valence electrons. The summed E-state index contributed by atoms with van der Waals surface area (Å²) >= 11 is 0. The van der Waals surface area contributed by atoms with Gasteiger partial charge in [0, 0.05) is 25.3 Å². The van der Waals surface area contributed by atoms with Crippen LogP contribution in [0.4, 0.5) is 5.69 Å². The summed E-state index contributed by atoms with van der Waals surface area (Å²) in [5.74, 6) is 0. The van der Waals surface area contributed by atoms with Crippen LogP contribution in [0.1, 0.15) is 37.3 Å². The summed E-state index contributed by atoms with van der Waals surface area (Å²) < 4.78 is 0. The molecular weight excluding hydrogens is 208 g/mol. The maximum Gasteiger partial charge on any atom is 0.0396 e. The number of anilines is 1.